The molecule has 1 heterocycles. The van der Waals surface area contributed by atoms with Crippen molar-refractivity contribution >= 4 is 17.5 Å². The number of benzene rings is 2. The number of furan rings is 1. The van der Waals surface area contributed by atoms with Gasteiger partial charge in [-0.25, -0.2) is 0 Å². The quantitative estimate of drug-likeness (QED) is 0.667. The first kappa shape index (κ1) is 18.3. The van der Waals surface area contributed by atoms with Crippen LogP contribution in [0.3, 0.4) is 0 Å². The molecule has 0 atom stereocenters. The minimum atomic E-state index is -0.229. The van der Waals surface area contributed by atoms with E-state index >= 15 is 0 Å². The van der Waals surface area contributed by atoms with E-state index in [2.05, 4.69) is 10.6 Å². The Morgan fingerprint density at radius 1 is 0.926 bits per heavy atom. The van der Waals surface area contributed by atoms with Crippen LogP contribution in [0.25, 0.3) is 0 Å². The Bertz CT molecular complexity index is 885. The maximum absolute atomic E-state index is 12.3. The summed E-state index contributed by atoms with van der Waals surface area (Å²) in [6.45, 7) is 2.80. The van der Waals surface area contributed by atoms with E-state index in [1.807, 2.05) is 6.92 Å². The molecule has 0 aliphatic heterocycles. The van der Waals surface area contributed by atoms with Gasteiger partial charge in [-0.05, 0) is 67.6 Å². The molecule has 0 unspecified atom stereocenters. The highest BCUT2D eigenvalue weighted by atomic mass is 16.5. The molecule has 0 saturated carbocycles. The van der Waals surface area contributed by atoms with Gasteiger partial charge in [0.05, 0.1) is 19.4 Å². The molecule has 2 N–H and O–H groups in total. The fourth-order valence-corrected chi connectivity index (χ4v) is 2.46. The van der Waals surface area contributed by atoms with E-state index in [1.165, 1.54) is 0 Å². The Balaban J connectivity index is 1.56. The van der Waals surface area contributed by atoms with Crippen LogP contribution in [0.1, 0.15) is 33.4 Å². The van der Waals surface area contributed by atoms with Crippen LogP contribution in [0.5, 0.6) is 5.75 Å². The molecule has 1 aromatic heterocycles. The summed E-state index contributed by atoms with van der Waals surface area (Å²) in [7, 11) is 0. The number of rotatable bonds is 7. The smallest absolute Gasteiger partial charge is 0.255 e. The summed E-state index contributed by atoms with van der Waals surface area (Å²) in [6.07, 6.45) is 1.56. The molecule has 138 valence electrons. The van der Waals surface area contributed by atoms with E-state index in [0.717, 1.165) is 5.75 Å². The molecule has 0 fully saturated rings. The molecule has 0 saturated heterocycles. The van der Waals surface area contributed by atoms with Crippen LogP contribution in [-0.2, 0) is 6.54 Å². The van der Waals surface area contributed by atoms with Gasteiger partial charge in [-0.15, -0.1) is 0 Å². The standard InChI is InChI=1S/C21H20N2O4/c1-2-26-18-11-7-16(8-12-18)21(25)23-17-9-5-15(6-10-17)20(24)22-14-19-4-3-13-27-19/h3-13H,2,14H2,1H3,(H,22,24)(H,23,25). The summed E-state index contributed by atoms with van der Waals surface area (Å²) in [5.41, 5.74) is 1.64. The van der Waals surface area contributed by atoms with E-state index in [9.17, 15) is 9.59 Å². The molecule has 0 radical (unpaired) electrons. The van der Waals surface area contributed by atoms with Gasteiger partial charge in [-0.3, -0.25) is 9.59 Å². The molecule has 3 rings (SSSR count). The fourth-order valence-electron chi connectivity index (χ4n) is 2.46. The van der Waals surface area contributed by atoms with Crippen LogP contribution < -0.4 is 15.4 Å². The SMILES string of the molecule is CCOc1ccc(C(=O)Nc2ccc(C(=O)NCc3ccco3)cc2)cc1. The van der Waals surface area contributed by atoms with Gasteiger partial charge in [-0.2, -0.15) is 0 Å². The van der Waals surface area contributed by atoms with Crippen LogP contribution in [0.2, 0.25) is 0 Å². The van der Waals surface area contributed by atoms with E-state index in [1.54, 1.807) is 66.9 Å². The van der Waals surface area contributed by atoms with Crippen molar-refractivity contribution in [2.24, 2.45) is 0 Å². The molecule has 0 spiro atoms. The zero-order valence-electron chi connectivity index (χ0n) is 14.9. The monoisotopic (exact) mass is 364 g/mol. The summed E-state index contributed by atoms with van der Waals surface area (Å²) < 4.78 is 10.5. The van der Waals surface area contributed by atoms with Crippen molar-refractivity contribution in [1.29, 1.82) is 0 Å². The Morgan fingerprint density at radius 2 is 1.59 bits per heavy atom. The average Bonchev–Trinajstić information content (AvgIpc) is 3.21. The Kier molecular flexibility index (Phi) is 5.89. The van der Waals surface area contributed by atoms with Gasteiger partial charge in [0.2, 0.25) is 0 Å². The second-order valence-corrected chi connectivity index (χ2v) is 5.75. The Hall–Kier alpha value is -3.54. The molecule has 2 amide bonds. The zero-order chi connectivity index (χ0) is 19.1. The third kappa shape index (κ3) is 4.98. The fraction of sp³-hybridized carbons (Fsp3) is 0.143. The van der Waals surface area contributed by atoms with Crippen molar-refractivity contribution in [3.63, 3.8) is 0 Å². The molecule has 2 aromatic carbocycles. The first-order chi connectivity index (χ1) is 13.2. The summed E-state index contributed by atoms with van der Waals surface area (Å²) >= 11 is 0. The second-order valence-electron chi connectivity index (χ2n) is 5.75. The minimum Gasteiger partial charge on any atom is -0.494 e. The summed E-state index contributed by atoms with van der Waals surface area (Å²) in [5.74, 6) is 0.963. The first-order valence-electron chi connectivity index (χ1n) is 8.60. The summed E-state index contributed by atoms with van der Waals surface area (Å²) in [4.78, 5) is 24.4. The van der Waals surface area contributed by atoms with Crippen molar-refractivity contribution in [2.45, 2.75) is 13.5 Å². The van der Waals surface area contributed by atoms with Gasteiger partial charge in [0.1, 0.15) is 11.5 Å². The van der Waals surface area contributed by atoms with E-state index in [-0.39, 0.29) is 11.8 Å². The largest absolute Gasteiger partial charge is 0.494 e. The number of nitrogens with one attached hydrogen (secondary N) is 2. The number of carbonyl (C=O) groups excluding carboxylic acids is 2. The van der Waals surface area contributed by atoms with Gasteiger partial charge < -0.3 is 19.8 Å². The molecule has 0 bridgehead atoms. The lowest BCUT2D eigenvalue weighted by molar-refractivity contribution is 0.0947. The highest BCUT2D eigenvalue weighted by molar-refractivity contribution is 6.04. The van der Waals surface area contributed by atoms with Crippen LogP contribution in [0.15, 0.2) is 71.3 Å². The molecule has 6 heteroatoms. The number of ether oxygens (including phenoxy) is 1. The highest BCUT2D eigenvalue weighted by Gasteiger charge is 2.09. The average molecular weight is 364 g/mol. The molecule has 3 aromatic rings. The lowest BCUT2D eigenvalue weighted by atomic mass is 10.1. The van der Waals surface area contributed by atoms with Crippen molar-refractivity contribution in [1.82, 2.24) is 5.32 Å². The third-order valence-electron chi connectivity index (χ3n) is 3.84. The van der Waals surface area contributed by atoms with Crippen molar-refractivity contribution < 1.29 is 18.7 Å². The Morgan fingerprint density at radius 3 is 2.22 bits per heavy atom. The maximum atomic E-state index is 12.3. The highest BCUT2D eigenvalue weighted by Crippen LogP contribution is 2.15. The van der Waals surface area contributed by atoms with Crippen LogP contribution >= 0.6 is 0 Å². The molecule has 0 aliphatic carbocycles. The van der Waals surface area contributed by atoms with Crippen LogP contribution in [-0.4, -0.2) is 18.4 Å². The molecular formula is C21H20N2O4. The predicted molar refractivity (Wildman–Crippen MR) is 102 cm³/mol. The number of hydrogen-bond donors (Lipinski definition) is 2. The van der Waals surface area contributed by atoms with Crippen LogP contribution in [0, 0.1) is 0 Å². The predicted octanol–water partition coefficient (Wildman–Crippen LogP) is 3.86. The number of amides is 2. The van der Waals surface area contributed by atoms with Crippen LogP contribution in [0.4, 0.5) is 5.69 Å². The maximum Gasteiger partial charge on any atom is 0.255 e. The van der Waals surface area contributed by atoms with E-state index in [0.29, 0.717) is 35.7 Å². The lowest BCUT2D eigenvalue weighted by Crippen LogP contribution is -2.22. The normalized spacial score (nSPS) is 10.3. The van der Waals surface area contributed by atoms with Crippen molar-refractivity contribution in [2.75, 3.05) is 11.9 Å². The summed E-state index contributed by atoms with van der Waals surface area (Å²) in [5, 5.41) is 5.57. The number of anilines is 1. The topological polar surface area (TPSA) is 80.6 Å². The van der Waals surface area contributed by atoms with Gasteiger partial charge in [0, 0.05) is 16.8 Å². The molecule has 6 nitrogen and oxygen atoms in total. The molecule has 27 heavy (non-hydrogen) atoms. The Labute approximate surface area is 157 Å². The summed E-state index contributed by atoms with van der Waals surface area (Å²) in [6, 6.07) is 17.2. The van der Waals surface area contributed by atoms with Crippen molar-refractivity contribution in [3.8, 4) is 5.75 Å². The number of hydrogen-bond acceptors (Lipinski definition) is 4. The van der Waals surface area contributed by atoms with Gasteiger partial charge in [0.25, 0.3) is 11.8 Å². The van der Waals surface area contributed by atoms with Gasteiger partial charge >= 0.3 is 0 Å². The van der Waals surface area contributed by atoms with Gasteiger partial charge in [-0.1, -0.05) is 0 Å². The van der Waals surface area contributed by atoms with E-state index < -0.39 is 0 Å². The molecule has 0 aliphatic rings. The molecular weight excluding hydrogens is 344 g/mol. The second kappa shape index (κ2) is 8.71. The number of carbonyl (C=O) groups is 2. The zero-order valence-corrected chi connectivity index (χ0v) is 14.9. The lowest BCUT2D eigenvalue weighted by Gasteiger charge is -2.08. The van der Waals surface area contributed by atoms with Crippen molar-refractivity contribution in [3.05, 3.63) is 83.8 Å². The first-order valence-corrected chi connectivity index (χ1v) is 8.60. The van der Waals surface area contributed by atoms with E-state index in [4.69, 9.17) is 9.15 Å². The minimum absolute atomic E-state index is 0.212. The third-order valence-corrected chi connectivity index (χ3v) is 3.84. The van der Waals surface area contributed by atoms with Gasteiger partial charge in [0.15, 0.2) is 0 Å².